The molecule has 0 N–H and O–H groups in total. The van der Waals surface area contributed by atoms with Crippen LogP contribution in [-0.4, -0.2) is 0 Å². The molecule has 0 nitrogen and oxygen atoms in total. The minimum absolute atomic E-state index is 0. The fourth-order valence-electron chi connectivity index (χ4n) is 0.340. The molecule has 1 aliphatic carbocycles. The molecule has 0 spiro atoms. The van der Waals surface area contributed by atoms with Gasteiger partial charge in [-0.15, -0.1) is 6.42 Å². The standard InChI is InChI=1S/C5H5.2CH3.W.2H/c1-2-4-5-3-1;;;;;/h1-3H,4H2;2*1H3;;;/q3*-1;;;. The Kier molecular flexibility index (Phi) is 20.1. The summed E-state index contributed by atoms with van der Waals surface area (Å²) in [6.45, 7) is 0. The van der Waals surface area contributed by atoms with Gasteiger partial charge in [0.25, 0.3) is 0 Å². The van der Waals surface area contributed by atoms with Crippen molar-refractivity contribution >= 4 is 0 Å². The Labute approximate surface area is 66.9 Å². The first-order valence-corrected chi connectivity index (χ1v) is 1.72. The molecule has 0 aromatic carbocycles. The molecule has 0 unspecified atom stereocenters. The number of rotatable bonds is 0. The average Bonchev–Trinajstić information content (AvgIpc) is 1.76. The Balaban J connectivity index is -0.0000000833. The zero-order valence-corrected chi connectivity index (χ0v) is 9.03. The first kappa shape index (κ1) is 15.7. The van der Waals surface area contributed by atoms with Gasteiger partial charge in [-0.25, -0.2) is 12.2 Å². The van der Waals surface area contributed by atoms with Crippen LogP contribution in [-0.2, 0) is 21.1 Å². The molecule has 0 saturated heterocycles. The van der Waals surface area contributed by atoms with E-state index in [1.807, 2.05) is 12.2 Å². The second-order valence-electron chi connectivity index (χ2n) is 1.00. The second kappa shape index (κ2) is 10.2. The predicted octanol–water partition coefficient (Wildman–Crippen LogP) is 1.67. The second-order valence-corrected chi connectivity index (χ2v) is 1.00. The molecule has 0 atom stereocenters. The van der Waals surface area contributed by atoms with Gasteiger partial charge in [-0.2, -0.15) is 6.08 Å². The average molecular weight is 281 g/mol. The molecule has 50 valence electrons. The maximum atomic E-state index is 2.99. The van der Waals surface area contributed by atoms with E-state index in [1.54, 1.807) is 0 Å². The summed E-state index contributed by atoms with van der Waals surface area (Å²) in [6, 6.07) is 0. The molecule has 0 heterocycles. The molecule has 1 aliphatic rings. The van der Waals surface area contributed by atoms with Gasteiger partial charge in [0.1, 0.15) is 0 Å². The number of allylic oxidation sites excluding steroid dienone is 4. The Morgan fingerprint density at radius 3 is 2.00 bits per heavy atom. The van der Waals surface area contributed by atoms with Gasteiger partial charge in [-0.05, 0) is 0 Å². The number of hydrogen-bond donors (Lipinski definition) is 0. The monoisotopic (exact) mass is 281 g/mol. The summed E-state index contributed by atoms with van der Waals surface area (Å²) < 4.78 is 0. The van der Waals surface area contributed by atoms with Crippen LogP contribution < -0.4 is 0 Å². The molecule has 0 fully saturated rings. The zero-order chi connectivity index (χ0) is 3.54. The van der Waals surface area contributed by atoms with Crippen molar-refractivity contribution in [1.29, 1.82) is 0 Å². The molecule has 1 heteroatoms. The third-order valence-electron chi connectivity index (χ3n) is 0.586. The molecule has 0 aromatic rings. The van der Waals surface area contributed by atoms with Gasteiger partial charge in [0, 0.05) is 0 Å². The van der Waals surface area contributed by atoms with Gasteiger partial charge in [-0.1, -0.05) is 0 Å². The first-order chi connectivity index (χ1) is 2.50. The molecule has 0 radical (unpaired) electrons. The molecule has 0 saturated carbocycles. The van der Waals surface area contributed by atoms with Crippen LogP contribution in [0.1, 0.15) is 6.42 Å². The molecule has 0 aromatic heterocycles. The van der Waals surface area contributed by atoms with E-state index in [4.69, 9.17) is 0 Å². The fraction of sp³-hybridized carbons (Fsp3) is 0.143. The quantitative estimate of drug-likeness (QED) is 0.592. The summed E-state index contributed by atoms with van der Waals surface area (Å²) in [5.74, 6) is 0. The van der Waals surface area contributed by atoms with Crippen molar-refractivity contribution < 1.29 is 21.1 Å². The summed E-state index contributed by atoms with van der Waals surface area (Å²) >= 11 is 0. The third kappa shape index (κ3) is 6.17. The topological polar surface area (TPSA) is 0 Å². The van der Waals surface area contributed by atoms with Gasteiger partial charge in [0.15, 0.2) is 0 Å². The number of hydrogen-bond acceptors (Lipinski definition) is 0. The van der Waals surface area contributed by atoms with Crippen molar-refractivity contribution in [3.05, 3.63) is 39.2 Å². The summed E-state index contributed by atoms with van der Waals surface area (Å²) in [7, 11) is 0. The molecule has 0 aliphatic heterocycles. The van der Waals surface area contributed by atoms with E-state index < -0.39 is 0 Å². The van der Waals surface area contributed by atoms with Gasteiger partial charge in [0.2, 0.25) is 0 Å². The van der Waals surface area contributed by atoms with Crippen LogP contribution in [0, 0.1) is 20.9 Å². The van der Waals surface area contributed by atoms with Crippen molar-refractivity contribution in [1.82, 2.24) is 0 Å². The summed E-state index contributed by atoms with van der Waals surface area (Å²) in [5, 5.41) is 0. The van der Waals surface area contributed by atoms with Crippen molar-refractivity contribution in [2.24, 2.45) is 0 Å². The van der Waals surface area contributed by atoms with E-state index in [9.17, 15) is 0 Å². The zero-order valence-electron chi connectivity index (χ0n) is 5.44. The Morgan fingerprint density at radius 1 is 1.25 bits per heavy atom. The molecular formula is C7H13W-3. The van der Waals surface area contributed by atoms with E-state index in [0.29, 0.717) is 0 Å². The van der Waals surface area contributed by atoms with Crippen LogP contribution in [0.3, 0.4) is 0 Å². The maximum absolute atomic E-state index is 2.99. The Hall–Kier alpha value is 0.168. The van der Waals surface area contributed by atoms with Gasteiger partial charge in [0.05, 0.1) is 0 Å². The summed E-state index contributed by atoms with van der Waals surface area (Å²) in [6.07, 6.45) is 10.0. The third-order valence-corrected chi connectivity index (χ3v) is 0.586. The normalized spacial score (nSPS) is 11.0. The Morgan fingerprint density at radius 2 is 1.88 bits per heavy atom. The van der Waals surface area contributed by atoms with Crippen molar-refractivity contribution in [3.8, 4) is 0 Å². The minimum atomic E-state index is 0. The molecular weight excluding hydrogens is 268 g/mol. The van der Waals surface area contributed by atoms with Gasteiger partial charge < -0.3 is 14.9 Å². The molecule has 1 rings (SSSR count). The van der Waals surface area contributed by atoms with Crippen LogP contribution in [0.15, 0.2) is 18.2 Å². The summed E-state index contributed by atoms with van der Waals surface area (Å²) in [5.41, 5.74) is 0. The molecule has 0 bridgehead atoms. The summed E-state index contributed by atoms with van der Waals surface area (Å²) in [4.78, 5) is 0. The van der Waals surface area contributed by atoms with Crippen molar-refractivity contribution in [2.45, 2.75) is 6.42 Å². The first-order valence-electron chi connectivity index (χ1n) is 1.72. The fourth-order valence-corrected chi connectivity index (χ4v) is 0.340. The van der Waals surface area contributed by atoms with E-state index in [2.05, 4.69) is 12.2 Å². The van der Waals surface area contributed by atoms with Crippen molar-refractivity contribution in [3.63, 3.8) is 0 Å². The SMILES string of the molecule is [C-]1=CC=CC1.[CH3-].[CH3-].[WH2]. The van der Waals surface area contributed by atoms with Crippen molar-refractivity contribution in [2.75, 3.05) is 0 Å². The van der Waals surface area contributed by atoms with Crippen LogP contribution in [0.4, 0.5) is 0 Å². The predicted molar refractivity (Wildman–Crippen MR) is 37.2 cm³/mol. The molecule has 8 heavy (non-hydrogen) atoms. The van der Waals surface area contributed by atoms with E-state index in [0.717, 1.165) is 6.42 Å². The van der Waals surface area contributed by atoms with Gasteiger partial charge >= 0.3 is 21.1 Å². The van der Waals surface area contributed by atoms with Gasteiger partial charge in [-0.3, -0.25) is 6.08 Å². The van der Waals surface area contributed by atoms with E-state index in [1.165, 1.54) is 0 Å². The van der Waals surface area contributed by atoms with E-state index in [-0.39, 0.29) is 35.9 Å². The Bertz CT molecular complexity index is 62.5. The molecule has 0 amide bonds. The van der Waals surface area contributed by atoms with E-state index >= 15 is 0 Å². The van der Waals surface area contributed by atoms with Crippen LogP contribution in [0.5, 0.6) is 0 Å². The van der Waals surface area contributed by atoms with Crippen LogP contribution in [0.2, 0.25) is 0 Å². The van der Waals surface area contributed by atoms with Crippen LogP contribution >= 0.6 is 0 Å². The van der Waals surface area contributed by atoms with Crippen LogP contribution in [0.25, 0.3) is 0 Å².